The van der Waals surface area contributed by atoms with E-state index in [1.165, 1.54) is 11.1 Å². The molecule has 0 saturated heterocycles. The Morgan fingerprint density at radius 3 is 2.90 bits per heavy atom. The number of carbonyl (C=O) groups is 1. The fourth-order valence-corrected chi connectivity index (χ4v) is 3.43. The molecule has 1 aromatic heterocycles. The van der Waals surface area contributed by atoms with Crippen LogP contribution in [0.4, 0.5) is 0 Å². The minimum Gasteiger partial charge on any atom is -0.292 e. The van der Waals surface area contributed by atoms with E-state index in [9.17, 15) is 4.79 Å². The van der Waals surface area contributed by atoms with E-state index in [1.807, 2.05) is 30.7 Å². The first kappa shape index (κ1) is 13.6. The lowest BCUT2D eigenvalue weighted by molar-refractivity contribution is 0.0946. The second kappa shape index (κ2) is 5.17. The lowest BCUT2D eigenvalue weighted by Gasteiger charge is -2.15. The third-order valence-corrected chi connectivity index (χ3v) is 4.50. The zero-order valence-electron chi connectivity index (χ0n) is 11.6. The van der Waals surface area contributed by atoms with Crippen LogP contribution in [0.3, 0.4) is 0 Å². The number of nitrogens with zero attached hydrogens (tertiary/aromatic N) is 2. The molecule has 1 aromatic carbocycles. The van der Waals surface area contributed by atoms with E-state index in [2.05, 4.69) is 33.2 Å². The topological polar surface area (TPSA) is 34.9 Å². The molecule has 20 heavy (non-hydrogen) atoms. The van der Waals surface area contributed by atoms with Crippen molar-refractivity contribution in [3.63, 3.8) is 0 Å². The fourth-order valence-electron chi connectivity index (χ4n) is 2.96. The molecule has 0 aliphatic heterocycles. The summed E-state index contributed by atoms with van der Waals surface area (Å²) in [6.45, 7) is 4.08. The number of aromatic nitrogens is 2. The molecule has 0 N–H and O–H groups in total. The lowest BCUT2D eigenvalue weighted by Crippen LogP contribution is -2.18. The molecule has 1 heterocycles. The van der Waals surface area contributed by atoms with Gasteiger partial charge in [-0.25, -0.2) is 0 Å². The van der Waals surface area contributed by atoms with E-state index in [0.29, 0.717) is 5.69 Å². The van der Waals surface area contributed by atoms with Crippen molar-refractivity contribution in [2.24, 2.45) is 0 Å². The molecule has 0 spiro atoms. The summed E-state index contributed by atoms with van der Waals surface area (Å²) in [5.41, 5.74) is 3.18. The first-order chi connectivity index (χ1) is 9.59. The highest BCUT2D eigenvalue weighted by Crippen LogP contribution is 2.37. The van der Waals surface area contributed by atoms with Crippen LogP contribution in [0.2, 0.25) is 0 Å². The number of aryl methyl sites for hydroxylation is 1. The molecule has 104 valence electrons. The van der Waals surface area contributed by atoms with Gasteiger partial charge in [-0.2, -0.15) is 5.10 Å². The summed E-state index contributed by atoms with van der Waals surface area (Å²) in [6.07, 6.45) is 3.60. The van der Waals surface area contributed by atoms with E-state index < -0.39 is 0 Å². The highest BCUT2D eigenvalue weighted by atomic mass is 79.9. The number of halogens is 1. The first-order valence-electron chi connectivity index (χ1n) is 6.94. The van der Waals surface area contributed by atoms with E-state index in [4.69, 9.17) is 0 Å². The number of Topliss-reactive ketones (excluding diaryl/α,β-unsaturated/α-hetero) is 1. The van der Waals surface area contributed by atoms with E-state index >= 15 is 0 Å². The quantitative estimate of drug-likeness (QED) is 0.792. The Balaban J connectivity index is 2.01. The fraction of sp³-hybridized carbons (Fsp3) is 0.375. The highest BCUT2D eigenvalue weighted by molar-refractivity contribution is 9.10. The van der Waals surface area contributed by atoms with Crippen LogP contribution < -0.4 is 0 Å². The maximum absolute atomic E-state index is 12.9. The average Bonchev–Trinajstić information content (AvgIpc) is 3.01. The SMILES string of the molecule is CC(C)n1ncc(Br)c1C(=O)C1CCc2ccccc21. The van der Waals surface area contributed by atoms with Gasteiger partial charge in [0.25, 0.3) is 0 Å². The van der Waals surface area contributed by atoms with Crippen molar-refractivity contribution in [2.75, 3.05) is 0 Å². The van der Waals surface area contributed by atoms with Crippen molar-refractivity contribution < 1.29 is 4.79 Å². The van der Waals surface area contributed by atoms with Crippen molar-refractivity contribution in [1.82, 2.24) is 9.78 Å². The predicted molar refractivity (Wildman–Crippen MR) is 82.1 cm³/mol. The Hall–Kier alpha value is -1.42. The second-order valence-corrected chi connectivity index (χ2v) is 6.39. The lowest BCUT2D eigenvalue weighted by atomic mass is 9.94. The summed E-state index contributed by atoms with van der Waals surface area (Å²) in [7, 11) is 0. The average molecular weight is 333 g/mol. The molecule has 1 atom stereocenters. The van der Waals surface area contributed by atoms with Crippen LogP contribution >= 0.6 is 15.9 Å². The molecule has 2 aromatic rings. The number of carbonyl (C=O) groups excluding carboxylic acids is 1. The van der Waals surface area contributed by atoms with Crippen LogP contribution in [0.1, 0.15) is 53.8 Å². The van der Waals surface area contributed by atoms with Crippen molar-refractivity contribution >= 4 is 21.7 Å². The van der Waals surface area contributed by atoms with Gasteiger partial charge < -0.3 is 0 Å². The third-order valence-electron chi connectivity index (χ3n) is 3.92. The molecule has 1 aliphatic carbocycles. The Morgan fingerprint density at radius 2 is 2.15 bits per heavy atom. The summed E-state index contributed by atoms with van der Waals surface area (Å²) in [5, 5.41) is 4.31. The number of hydrogen-bond acceptors (Lipinski definition) is 2. The molecule has 1 unspecified atom stereocenters. The standard InChI is InChI=1S/C16H17BrN2O/c1-10(2)19-15(14(17)9-18-19)16(20)13-8-7-11-5-3-4-6-12(11)13/h3-6,9-10,13H,7-8H2,1-2H3. The van der Waals surface area contributed by atoms with E-state index in [-0.39, 0.29) is 17.7 Å². The van der Waals surface area contributed by atoms with Crippen LogP contribution in [0.15, 0.2) is 34.9 Å². The molecule has 3 rings (SSSR count). The molecule has 3 nitrogen and oxygen atoms in total. The highest BCUT2D eigenvalue weighted by Gasteiger charge is 2.32. The van der Waals surface area contributed by atoms with Gasteiger partial charge in [0.1, 0.15) is 5.69 Å². The zero-order valence-corrected chi connectivity index (χ0v) is 13.2. The van der Waals surface area contributed by atoms with Crippen molar-refractivity contribution in [3.05, 3.63) is 51.8 Å². The second-order valence-electron chi connectivity index (χ2n) is 5.53. The van der Waals surface area contributed by atoms with Gasteiger partial charge in [0.15, 0.2) is 5.78 Å². The summed E-state index contributed by atoms with van der Waals surface area (Å²) in [5.74, 6) is 0.143. The van der Waals surface area contributed by atoms with E-state index in [1.54, 1.807) is 6.20 Å². The predicted octanol–water partition coefficient (Wildman–Crippen LogP) is 4.14. The van der Waals surface area contributed by atoms with E-state index in [0.717, 1.165) is 17.3 Å². The molecule has 0 fully saturated rings. The van der Waals surface area contributed by atoms with Gasteiger partial charge in [-0.1, -0.05) is 24.3 Å². The van der Waals surface area contributed by atoms with Crippen molar-refractivity contribution in [3.8, 4) is 0 Å². The molecular weight excluding hydrogens is 316 g/mol. The van der Waals surface area contributed by atoms with Gasteiger partial charge in [0.05, 0.1) is 10.7 Å². The molecule has 1 aliphatic rings. The monoisotopic (exact) mass is 332 g/mol. The minimum absolute atomic E-state index is 0.0308. The summed E-state index contributed by atoms with van der Waals surface area (Å²) >= 11 is 3.47. The zero-order chi connectivity index (χ0) is 14.3. The molecule has 0 amide bonds. The number of benzene rings is 1. The molecule has 0 radical (unpaired) electrons. The number of ketones is 1. The van der Waals surface area contributed by atoms with Crippen LogP contribution in [-0.4, -0.2) is 15.6 Å². The maximum Gasteiger partial charge on any atom is 0.189 e. The smallest absolute Gasteiger partial charge is 0.189 e. The van der Waals surface area contributed by atoms with Crippen molar-refractivity contribution in [1.29, 1.82) is 0 Å². The molecule has 0 saturated carbocycles. The Morgan fingerprint density at radius 1 is 1.40 bits per heavy atom. The third kappa shape index (κ3) is 2.12. The minimum atomic E-state index is -0.0308. The number of rotatable bonds is 3. The van der Waals surface area contributed by atoms with Crippen LogP contribution in [0.5, 0.6) is 0 Å². The maximum atomic E-state index is 12.9. The summed E-state index contributed by atoms with van der Waals surface area (Å²) in [6, 6.07) is 8.43. The first-order valence-corrected chi connectivity index (χ1v) is 7.74. The Kier molecular flexibility index (Phi) is 3.50. The van der Waals surface area contributed by atoms with Crippen molar-refractivity contribution in [2.45, 2.75) is 38.6 Å². The summed E-state index contributed by atoms with van der Waals surface area (Å²) in [4.78, 5) is 12.9. The van der Waals surface area contributed by atoms with Gasteiger partial charge in [-0.05, 0) is 53.7 Å². The molecule has 0 bridgehead atoms. The van der Waals surface area contributed by atoms with Crippen LogP contribution in [0, 0.1) is 0 Å². The summed E-state index contributed by atoms with van der Waals surface area (Å²) < 4.78 is 2.61. The van der Waals surface area contributed by atoms with Gasteiger partial charge in [0.2, 0.25) is 0 Å². The van der Waals surface area contributed by atoms with Crippen LogP contribution in [0.25, 0.3) is 0 Å². The normalized spacial score (nSPS) is 17.5. The molecular formula is C16H17BrN2O. The largest absolute Gasteiger partial charge is 0.292 e. The Bertz CT molecular complexity index is 660. The molecule has 4 heteroatoms. The van der Waals surface area contributed by atoms with Crippen LogP contribution in [-0.2, 0) is 6.42 Å². The number of hydrogen-bond donors (Lipinski definition) is 0. The Labute approximate surface area is 127 Å². The number of fused-ring (bicyclic) bond motifs is 1. The van der Waals surface area contributed by atoms with Gasteiger partial charge >= 0.3 is 0 Å². The van der Waals surface area contributed by atoms with Gasteiger partial charge in [-0.15, -0.1) is 0 Å². The van der Waals surface area contributed by atoms with Gasteiger partial charge in [0, 0.05) is 12.0 Å². The van der Waals surface area contributed by atoms with Gasteiger partial charge in [-0.3, -0.25) is 9.48 Å².